The van der Waals surface area contributed by atoms with Gasteiger partial charge in [-0.05, 0) is 31.5 Å². The lowest BCUT2D eigenvalue weighted by atomic mass is 10.1. The number of methoxy groups -OCH3 is 1. The summed E-state index contributed by atoms with van der Waals surface area (Å²) in [5.74, 6) is 1.77. The highest BCUT2D eigenvalue weighted by Gasteiger charge is 2.16. The molecule has 1 N–H and O–H groups in total. The van der Waals surface area contributed by atoms with Crippen LogP contribution < -0.4 is 9.47 Å². The number of ether oxygens (including phenoxy) is 2. The molecule has 1 atom stereocenters. The Hall–Kier alpha value is -3.19. The molecule has 1 unspecified atom stereocenters. The highest BCUT2D eigenvalue weighted by Crippen LogP contribution is 2.26. The topological polar surface area (TPSA) is 77.1 Å². The van der Waals surface area contributed by atoms with E-state index < -0.39 is 10.8 Å². The second kappa shape index (κ2) is 8.67. The molecule has 0 amide bonds. The molecule has 30 heavy (non-hydrogen) atoms. The van der Waals surface area contributed by atoms with E-state index in [1.54, 1.807) is 13.3 Å². The predicted molar refractivity (Wildman–Crippen MR) is 117 cm³/mol. The van der Waals surface area contributed by atoms with Gasteiger partial charge in [0.15, 0.2) is 5.16 Å². The van der Waals surface area contributed by atoms with Crippen molar-refractivity contribution in [3.8, 4) is 11.5 Å². The lowest BCUT2D eigenvalue weighted by Crippen LogP contribution is -2.05. The van der Waals surface area contributed by atoms with Crippen molar-refractivity contribution in [2.45, 2.75) is 31.4 Å². The van der Waals surface area contributed by atoms with E-state index in [4.69, 9.17) is 9.47 Å². The summed E-state index contributed by atoms with van der Waals surface area (Å²) in [5, 5.41) is 0.422. The van der Waals surface area contributed by atoms with Gasteiger partial charge < -0.3 is 14.5 Å². The van der Waals surface area contributed by atoms with Gasteiger partial charge >= 0.3 is 0 Å². The fourth-order valence-corrected chi connectivity index (χ4v) is 4.41. The zero-order valence-electron chi connectivity index (χ0n) is 17.1. The van der Waals surface area contributed by atoms with Crippen LogP contribution in [0.15, 0.2) is 59.9 Å². The molecule has 0 saturated carbocycles. The molecule has 154 valence electrons. The Morgan fingerprint density at radius 3 is 2.67 bits per heavy atom. The van der Waals surface area contributed by atoms with Crippen LogP contribution >= 0.6 is 0 Å². The van der Waals surface area contributed by atoms with Crippen molar-refractivity contribution in [1.82, 2.24) is 15.0 Å². The fourth-order valence-electron chi connectivity index (χ4n) is 3.31. The van der Waals surface area contributed by atoms with E-state index in [1.165, 1.54) is 0 Å². The number of fused-ring (bicyclic) bond motifs is 1. The molecular formula is C23H23N3O3S. The Bertz CT molecular complexity index is 1210. The molecule has 4 rings (SSSR count). The van der Waals surface area contributed by atoms with Crippen molar-refractivity contribution >= 4 is 21.8 Å². The quantitative estimate of drug-likeness (QED) is 0.476. The molecule has 6 nitrogen and oxygen atoms in total. The smallest absolute Gasteiger partial charge is 0.197 e. The number of aromatic amines is 1. The largest absolute Gasteiger partial charge is 0.496 e. The first-order valence-electron chi connectivity index (χ1n) is 9.59. The molecular weight excluding hydrogens is 398 g/mol. The van der Waals surface area contributed by atoms with Crippen LogP contribution in [0.2, 0.25) is 0 Å². The third-order valence-corrected chi connectivity index (χ3v) is 6.07. The van der Waals surface area contributed by atoms with Crippen LogP contribution in [0.25, 0.3) is 11.0 Å². The van der Waals surface area contributed by atoms with Crippen LogP contribution in [0.4, 0.5) is 0 Å². The molecule has 0 aliphatic carbocycles. The number of hydrogen-bond acceptors (Lipinski definition) is 5. The van der Waals surface area contributed by atoms with Crippen LogP contribution in [-0.4, -0.2) is 26.3 Å². The van der Waals surface area contributed by atoms with Crippen LogP contribution in [0, 0.1) is 13.8 Å². The average molecular weight is 422 g/mol. The molecule has 0 aliphatic heterocycles. The minimum Gasteiger partial charge on any atom is -0.496 e. The van der Waals surface area contributed by atoms with E-state index in [0.29, 0.717) is 11.8 Å². The van der Waals surface area contributed by atoms with Crippen molar-refractivity contribution in [1.29, 1.82) is 0 Å². The van der Waals surface area contributed by atoms with Gasteiger partial charge in [0.2, 0.25) is 0 Å². The second-order valence-electron chi connectivity index (χ2n) is 7.03. The van der Waals surface area contributed by atoms with Crippen LogP contribution in [-0.2, 0) is 23.2 Å². The predicted octanol–water partition coefficient (Wildman–Crippen LogP) is 4.47. The molecule has 0 fully saturated rings. The van der Waals surface area contributed by atoms with Gasteiger partial charge in [0.25, 0.3) is 0 Å². The Kier molecular flexibility index (Phi) is 5.81. The Morgan fingerprint density at radius 2 is 1.90 bits per heavy atom. The zero-order chi connectivity index (χ0) is 21.1. The summed E-state index contributed by atoms with van der Waals surface area (Å²) in [6, 6.07) is 15.6. The number of imidazole rings is 1. The number of pyridine rings is 1. The molecule has 4 aromatic rings. The van der Waals surface area contributed by atoms with Gasteiger partial charge in [-0.25, -0.2) is 4.98 Å². The summed E-state index contributed by atoms with van der Waals surface area (Å²) in [6.07, 6.45) is 1.74. The third kappa shape index (κ3) is 4.21. The van der Waals surface area contributed by atoms with Crippen molar-refractivity contribution < 1.29 is 13.7 Å². The highest BCUT2D eigenvalue weighted by molar-refractivity contribution is 7.84. The maximum Gasteiger partial charge on any atom is 0.197 e. The molecule has 0 aliphatic rings. The van der Waals surface area contributed by atoms with Crippen molar-refractivity contribution in [3.63, 3.8) is 0 Å². The molecule has 2 aromatic carbocycles. The SMILES string of the molecule is COc1c(C)cnc(CS(=O)c2nc3ccc(OCc4ccccc4)cc3[nH]2)c1C. The molecule has 7 heteroatoms. The standard InChI is InChI=1S/C23H23N3O3S/c1-15-12-24-21(16(2)22(15)28-3)14-30(27)23-25-19-10-9-18(11-20(19)26-23)29-13-17-7-5-4-6-8-17/h4-12H,13-14H2,1-3H3,(H,25,26). The number of aromatic nitrogens is 3. The van der Waals surface area contributed by atoms with E-state index in [9.17, 15) is 4.21 Å². The lowest BCUT2D eigenvalue weighted by Gasteiger charge is -2.11. The maximum atomic E-state index is 12.9. The number of aryl methyl sites for hydroxylation is 1. The molecule has 0 bridgehead atoms. The van der Waals surface area contributed by atoms with Gasteiger partial charge in [-0.2, -0.15) is 0 Å². The Labute approximate surface area is 177 Å². The van der Waals surface area contributed by atoms with Crippen molar-refractivity contribution in [2.75, 3.05) is 7.11 Å². The van der Waals surface area contributed by atoms with E-state index >= 15 is 0 Å². The highest BCUT2D eigenvalue weighted by atomic mass is 32.2. The second-order valence-corrected chi connectivity index (χ2v) is 8.40. The first-order chi connectivity index (χ1) is 14.5. The summed E-state index contributed by atoms with van der Waals surface area (Å²) in [5.41, 5.74) is 5.23. The van der Waals surface area contributed by atoms with Gasteiger partial charge in [-0.15, -0.1) is 0 Å². The Balaban J connectivity index is 1.51. The van der Waals surface area contributed by atoms with Crippen molar-refractivity contribution in [3.05, 3.63) is 77.1 Å². The monoisotopic (exact) mass is 421 g/mol. The average Bonchev–Trinajstić information content (AvgIpc) is 3.19. The van der Waals surface area contributed by atoms with Crippen LogP contribution in [0.1, 0.15) is 22.4 Å². The van der Waals surface area contributed by atoms with Gasteiger partial charge in [-0.1, -0.05) is 30.3 Å². The summed E-state index contributed by atoms with van der Waals surface area (Å²) in [7, 11) is 0.272. The summed E-state index contributed by atoms with van der Waals surface area (Å²) in [6.45, 7) is 4.36. The molecule has 0 spiro atoms. The fraction of sp³-hybridized carbons (Fsp3) is 0.217. The van der Waals surface area contributed by atoms with Gasteiger partial charge in [0.1, 0.15) is 18.1 Å². The van der Waals surface area contributed by atoms with E-state index in [1.807, 2.05) is 62.4 Å². The first-order valence-corrected chi connectivity index (χ1v) is 10.9. The summed E-state index contributed by atoms with van der Waals surface area (Å²) < 4.78 is 24.2. The normalized spacial score (nSPS) is 12.1. The molecule has 0 saturated heterocycles. The van der Waals surface area contributed by atoms with E-state index in [-0.39, 0.29) is 5.75 Å². The summed E-state index contributed by atoms with van der Waals surface area (Å²) in [4.78, 5) is 12.1. The van der Waals surface area contributed by atoms with Gasteiger partial charge in [-0.3, -0.25) is 9.19 Å². The van der Waals surface area contributed by atoms with Crippen LogP contribution in [0.5, 0.6) is 11.5 Å². The number of rotatable bonds is 7. The molecule has 2 heterocycles. The number of nitrogens with zero attached hydrogens (tertiary/aromatic N) is 2. The third-order valence-electron chi connectivity index (χ3n) is 4.91. The van der Waals surface area contributed by atoms with E-state index in [0.717, 1.165) is 44.9 Å². The first kappa shape index (κ1) is 20.1. The number of nitrogens with one attached hydrogen (secondary N) is 1. The van der Waals surface area contributed by atoms with Gasteiger partial charge in [0, 0.05) is 23.4 Å². The number of hydrogen-bond donors (Lipinski definition) is 1. The minimum absolute atomic E-state index is 0.264. The zero-order valence-corrected chi connectivity index (χ0v) is 18.0. The molecule has 0 radical (unpaired) electrons. The lowest BCUT2D eigenvalue weighted by molar-refractivity contribution is 0.306. The van der Waals surface area contributed by atoms with E-state index in [2.05, 4.69) is 15.0 Å². The van der Waals surface area contributed by atoms with Crippen LogP contribution in [0.3, 0.4) is 0 Å². The van der Waals surface area contributed by atoms with Gasteiger partial charge in [0.05, 0.1) is 40.4 Å². The summed E-state index contributed by atoms with van der Waals surface area (Å²) >= 11 is 0. The van der Waals surface area contributed by atoms with Crippen molar-refractivity contribution in [2.24, 2.45) is 0 Å². The minimum atomic E-state index is -1.36. The number of H-pyrrole nitrogens is 1. The number of benzene rings is 2. The maximum absolute atomic E-state index is 12.9. The Morgan fingerprint density at radius 1 is 1.10 bits per heavy atom. The molecule has 2 aromatic heterocycles.